The average Bonchev–Trinajstić information content (AvgIpc) is 2.15. The predicted octanol–water partition coefficient (Wildman–Crippen LogP) is 0.335. The Kier molecular flexibility index (Phi) is 4.55. The van der Waals surface area contributed by atoms with E-state index in [1.807, 2.05) is 0 Å². The number of morpholine rings is 1. The third kappa shape index (κ3) is 3.17. The van der Waals surface area contributed by atoms with E-state index in [9.17, 15) is 8.78 Å². The van der Waals surface area contributed by atoms with Crippen LogP contribution in [0.25, 0.3) is 0 Å². The molecule has 3 nitrogen and oxygen atoms in total. The van der Waals surface area contributed by atoms with Gasteiger partial charge >= 0.3 is 0 Å². The summed E-state index contributed by atoms with van der Waals surface area (Å²) in [5.41, 5.74) is 0. The molecule has 1 aliphatic heterocycles. The number of ether oxygens (including phenoxy) is 1. The van der Waals surface area contributed by atoms with Crippen LogP contribution in [-0.4, -0.2) is 55.4 Å². The van der Waals surface area contributed by atoms with Crippen molar-refractivity contribution >= 4 is 0 Å². The maximum atomic E-state index is 12.5. The van der Waals surface area contributed by atoms with E-state index in [4.69, 9.17) is 9.84 Å². The summed E-state index contributed by atoms with van der Waals surface area (Å²) in [5.74, 6) is 0. The fraction of sp³-hybridized carbons (Fsp3) is 1.00. The van der Waals surface area contributed by atoms with Crippen molar-refractivity contribution in [1.29, 1.82) is 0 Å². The van der Waals surface area contributed by atoms with Crippen LogP contribution in [0.15, 0.2) is 0 Å². The van der Waals surface area contributed by atoms with Gasteiger partial charge < -0.3 is 9.84 Å². The third-order valence-corrected chi connectivity index (χ3v) is 2.23. The summed E-state index contributed by atoms with van der Waals surface area (Å²) in [4.78, 5) is 1.68. The van der Waals surface area contributed by atoms with E-state index in [-0.39, 0.29) is 13.0 Å². The van der Waals surface area contributed by atoms with Gasteiger partial charge in [0.15, 0.2) is 0 Å². The van der Waals surface area contributed by atoms with Crippen LogP contribution in [0.5, 0.6) is 0 Å². The monoisotopic (exact) mass is 195 g/mol. The van der Waals surface area contributed by atoms with Crippen molar-refractivity contribution in [3.05, 3.63) is 0 Å². The lowest BCUT2D eigenvalue weighted by atomic mass is 10.2. The Bertz CT molecular complexity index is 140. The van der Waals surface area contributed by atoms with Gasteiger partial charge in [-0.05, 0) is 6.42 Å². The van der Waals surface area contributed by atoms with Gasteiger partial charge in [-0.3, -0.25) is 4.90 Å². The van der Waals surface area contributed by atoms with Crippen molar-refractivity contribution in [3.8, 4) is 0 Å². The van der Waals surface area contributed by atoms with Crippen LogP contribution < -0.4 is 0 Å². The molecule has 0 saturated carbocycles. The maximum Gasteiger partial charge on any atom is 0.253 e. The molecule has 13 heavy (non-hydrogen) atoms. The Morgan fingerprint density at radius 1 is 1.31 bits per heavy atom. The van der Waals surface area contributed by atoms with Gasteiger partial charge in [0.25, 0.3) is 6.43 Å². The highest BCUT2D eigenvalue weighted by Crippen LogP contribution is 2.14. The minimum absolute atomic E-state index is 0.137. The normalized spacial score (nSPS) is 22.2. The summed E-state index contributed by atoms with van der Waals surface area (Å²) < 4.78 is 30.0. The number of aliphatic hydroxyl groups excluding tert-OH is 1. The smallest absolute Gasteiger partial charge is 0.253 e. The molecule has 1 fully saturated rings. The van der Waals surface area contributed by atoms with E-state index < -0.39 is 12.5 Å². The van der Waals surface area contributed by atoms with Crippen molar-refractivity contribution in [3.63, 3.8) is 0 Å². The standard InChI is InChI=1S/C8H15F2NO2/c9-8(10)7(1-4-12)11-2-5-13-6-3-11/h7-8,12H,1-6H2. The first-order valence-electron chi connectivity index (χ1n) is 4.46. The quantitative estimate of drug-likeness (QED) is 0.702. The van der Waals surface area contributed by atoms with Crippen molar-refractivity contribution in [2.24, 2.45) is 0 Å². The van der Waals surface area contributed by atoms with E-state index in [2.05, 4.69) is 0 Å². The highest BCUT2D eigenvalue weighted by molar-refractivity contribution is 4.75. The molecule has 0 amide bonds. The summed E-state index contributed by atoms with van der Waals surface area (Å²) in [6.07, 6.45) is -2.25. The second kappa shape index (κ2) is 5.47. The predicted molar refractivity (Wildman–Crippen MR) is 43.9 cm³/mol. The zero-order valence-electron chi connectivity index (χ0n) is 7.46. The number of halogens is 2. The van der Waals surface area contributed by atoms with Gasteiger partial charge in [0.2, 0.25) is 0 Å². The zero-order chi connectivity index (χ0) is 9.68. The first-order valence-corrected chi connectivity index (χ1v) is 4.46. The molecular weight excluding hydrogens is 180 g/mol. The minimum atomic E-state index is -2.38. The molecule has 0 bridgehead atoms. The van der Waals surface area contributed by atoms with E-state index >= 15 is 0 Å². The van der Waals surface area contributed by atoms with Gasteiger partial charge in [-0.25, -0.2) is 8.78 Å². The van der Waals surface area contributed by atoms with Gasteiger partial charge in [0.1, 0.15) is 0 Å². The summed E-state index contributed by atoms with van der Waals surface area (Å²) in [7, 11) is 0. The second-order valence-corrected chi connectivity index (χ2v) is 3.06. The summed E-state index contributed by atoms with van der Waals surface area (Å²) >= 11 is 0. The van der Waals surface area contributed by atoms with Crippen molar-refractivity contribution in [2.45, 2.75) is 18.9 Å². The van der Waals surface area contributed by atoms with E-state index in [1.165, 1.54) is 0 Å². The lowest BCUT2D eigenvalue weighted by Gasteiger charge is -2.33. The molecule has 1 heterocycles. The van der Waals surface area contributed by atoms with Gasteiger partial charge in [-0.1, -0.05) is 0 Å². The van der Waals surface area contributed by atoms with Gasteiger partial charge in [-0.2, -0.15) is 0 Å². The van der Waals surface area contributed by atoms with Crippen molar-refractivity contribution in [1.82, 2.24) is 4.90 Å². The number of rotatable bonds is 4. The van der Waals surface area contributed by atoms with Crippen LogP contribution in [0.4, 0.5) is 8.78 Å². The SMILES string of the molecule is OCCC(C(F)F)N1CCOCC1. The largest absolute Gasteiger partial charge is 0.396 e. The van der Waals surface area contributed by atoms with Crippen LogP contribution >= 0.6 is 0 Å². The molecule has 1 N–H and O–H groups in total. The first-order chi connectivity index (χ1) is 6.25. The molecule has 1 rings (SSSR count). The second-order valence-electron chi connectivity index (χ2n) is 3.06. The molecule has 1 aliphatic rings. The van der Waals surface area contributed by atoms with Crippen LogP contribution in [0.2, 0.25) is 0 Å². The third-order valence-electron chi connectivity index (χ3n) is 2.23. The lowest BCUT2D eigenvalue weighted by molar-refractivity contribution is -0.0402. The van der Waals surface area contributed by atoms with Gasteiger partial charge in [0, 0.05) is 19.7 Å². The topological polar surface area (TPSA) is 32.7 Å². The highest BCUT2D eigenvalue weighted by Gasteiger charge is 2.27. The number of alkyl halides is 2. The fourth-order valence-electron chi connectivity index (χ4n) is 1.51. The number of aliphatic hydroxyl groups is 1. The molecule has 0 aromatic heterocycles. The molecule has 0 aliphatic carbocycles. The van der Waals surface area contributed by atoms with E-state index in [0.717, 1.165) is 0 Å². The Morgan fingerprint density at radius 3 is 2.38 bits per heavy atom. The van der Waals surface area contributed by atoms with Crippen LogP contribution in [-0.2, 0) is 4.74 Å². The summed E-state index contributed by atoms with van der Waals surface area (Å²) in [5, 5.41) is 8.62. The van der Waals surface area contributed by atoms with E-state index in [0.29, 0.717) is 26.3 Å². The molecule has 0 aromatic rings. The van der Waals surface area contributed by atoms with Gasteiger partial charge in [0.05, 0.1) is 19.3 Å². The Morgan fingerprint density at radius 2 is 1.92 bits per heavy atom. The van der Waals surface area contributed by atoms with Crippen LogP contribution in [0, 0.1) is 0 Å². The summed E-state index contributed by atoms with van der Waals surface area (Å²) in [6, 6.07) is -0.811. The molecule has 5 heteroatoms. The Labute approximate surface area is 76.3 Å². The van der Waals surface area contributed by atoms with Crippen molar-refractivity contribution < 1.29 is 18.6 Å². The number of nitrogens with zero attached hydrogens (tertiary/aromatic N) is 1. The Balaban J connectivity index is 2.41. The number of hydrogen-bond donors (Lipinski definition) is 1. The molecular formula is C8H15F2NO2. The Hall–Kier alpha value is -0.260. The zero-order valence-corrected chi connectivity index (χ0v) is 7.46. The lowest BCUT2D eigenvalue weighted by Crippen LogP contribution is -2.47. The molecule has 0 aromatic carbocycles. The average molecular weight is 195 g/mol. The maximum absolute atomic E-state index is 12.5. The minimum Gasteiger partial charge on any atom is -0.396 e. The molecule has 78 valence electrons. The van der Waals surface area contributed by atoms with Crippen LogP contribution in [0.3, 0.4) is 0 Å². The van der Waals surface area contributed by atoms with Crippen LogP contribution in [0.1, 0.15) is 6.42 Å². The van der Waals surface area contributed by atoms with E-state index in [1.54, 1.807) is 4.90 Å². The molecule has 0 radical (unpaired) electrons. The molecule has 0 spiro atoms. The highest BCUT2D eigenvalue weighted by atomic mass is 19.3. The molecule has 1 atom stereocenters. The molecule has 1 saturated heterocycles. The molecule has 1 unspecified atom stereocenters. The fourth-order valence-corrected chi connectivity index (χ4v) is 1.51. The summed E-state index contributed by atoms with van der Waals surface area (Å²) in [6.45, 7) is 1.90. The van der Waals surface area contributed by atoms with Crippen molar-refractivity contribution in [2.75, 3.05) is 32.9 Å². The van der Waals surface area contributed by atoms with Gasteiger partial charge in [-0.15, -0.1) is 0 Å². The first kappa shape index (κ1) is 10.8. The number of hydrogen-bond acceptors (Lipinski definition) is 3.